The van der Waals surface area contributed by atoms with Gasteiger partial charge in [0.25, 0.3) is 5.91 Å². The van der Waals surface area contributed by atoms with Gasteiger partial charge in [-0.15, -0.1) is 11.3 Å². The fourth-order valence-electron chi connectivity index (χ4n) is 4.26. The molecule has 2 atom stereocenters. The highest BCUT2D eigenvalue weighted by Crippen LogP contribution is 2.45. The number of hydrogen-bond acceptors (Lipinski definition) is 6. The van der Waals surface area contributed by atoms with Crippen molar-refractivity contribution in [2.75, 3.05) is 11.9 Å². The third-order valence-electron chi connectivity index (χ3n) is 6.04. The maximum atomic E-state index is 12.9. The molecule has 1 aromatic heterocycles. The van der Waals surface area contributed by atoms with Crippen molar-refractivity contribution < 1.29 is 19.1 Å². The lowest BCUT2D eigenvalue weighted by Crippen LogP contribution is -2.31. The molecular weight excluding hydrogens is 448 g/mol. The Labute approximate surface area is 203 Å². The van der Waals surface area contributed by atoms with Crippen LogP contribution in [0.3, 0.4) is 0 Å². The zero-order valence-electron chi connectivity index (χ0n) is 19.2. The first-order valence-electron chi connectivity index (χ1n) is 11.3. The van der Waals surface area contributed by atoms with Crippen LogP contribution in [-0.2, 0) is 27.8 Å². The Balaban J connectivity index is 1.63. The normalized spacial score (nSPS) is 17.7. The van der Waals surface area contributed by atoms with Crippen LogP contribution in [0.1, 0.15) is 46.6 Å². The van der Waals surface area contributed by atoms with Crippen molar-refractivity contribution in [1.82, 2.24) is 0 Å². The molecule has 2 aromatic carbocycles. The maximum Gasteiger partial charge on any atom is 0.341 e. The van der Waals surface area contributed by atoms with Crippen LogP contribution in [0.2, 0.25) is 0 Å². The van der Waals surface area contributed by atoms with E-state index in [4.69, 9.17) is 9.47 Å². The lowest BCUT2D eigenvalue weighted by atomic mass is 9.70. The van der Waals surface area contributed by atoms with Gasteiger partial charge in [0.2, 0.25) is 0 Å². The van der Waals surface area contributed by atoms with E-state index in [2.05, 4.69) is 11.4 Å². The van der Waals surface area contributed by atoms with Crippen LogP contribution in [0.5, 0.6) is 5.75 Å². The number of nitriles is 1. The highest BCUT2D eigenvalue weighted by atomic mass is 32.1. The topological polar surface area (TPSA) is 88.4 Å². The third-order valence-corrected chi connectivity index (χ3v) is 7.18. The summed E-state index contributed by atoms with van der Waals surface area (Å²) in [6, 6.07) is 21.4. The molecule has 1 amide bonds. The smallest absolute Gasteiger partial charge is 0.341 e. The number of benzene rings is 2. The van der Waals surface area contributed by atoms with E-state index in [0.29, 0.717) is 35.6 Å². The van der Waals surface area contributed by atoms with Crippen LogP contribution in [0.15, 0.2) is 60.7 Å². The molecular formula is C27H26N2O4S. The Kier molecular flexibility index (Phi) is 6.99. The van der Waals surface area contributed by atoms with Crippen molar-refractivity contribution in [2.24, 2.45) is 0 Å². The van der Waals surface area contributed by atoms with E-state index in [-0.39, 0.29) is 12.5 Å². The molecule has 0 saturated heterocycles. The molecule has 174 valence electrons. The monoisotopic (exact) mass is 474 g/mol. The van der Waals surface area contributed by atoms with E-state index < -0.39 is 17.5 Å². The zero-order valence-corrected chi connectivity index (χ0v) is 20.0. The highest BCUT2D eigenvalue weighted by molar-refractivity contribution is 7.17. The number of hydrogen-bond donors (Lipinski definition) is 1. The van der Waals surface area contributed by atoms with Crippen molar-refractivity contribution in [2.45, 2.75) is 44.6 Å². The van der Waals surface area contributed by atoms with Gasteiger partial charge in [-0.05, 0) is 49.9 Å². The summed E-state index contributed by atoms with van der Waals surface area (Å²) in [5.74, 6) is -0.235. The first-order valence-corrected chi connectivity index (χ1v) is 12.1. The Morgan fingerprint density at radius 2 is 1.82 bits per heavy atom. The maximum absolute atomic E-state index is 12.9. The number of nitrogens with one attached hydrogen (secondary N) is 1. The number of carbonyl (C=O) groups is 2. The average molecular weight is 475 g/mol. The summed E-state index contributed by atoms with van der Waals surface area (Å²) < 4.78 is 11.1. The number of anilines is 1. The second-order valence-electron chi connectivity index (χ2n) is 8.23. The molecule has 1 aliphatic rings. The van der Waals surface area contributed by atoms with Gasteiger partial charge in [0.05, 0.1) is 23.7 Å². The van der Waals surface area contributed by atoms with Crippen LogP contribution in [0.4, 0.5) is 5.00 Å². The van der Waals surface area contributed by atoms with E-state index in [0.717, 1.165) is 16.0 Å². The molecule has 3 aromatic rings. The van der Waals surface area contributed by atoms with Crippen molar-refractivity contribution in [3.8, 4) is 11.8 Å². The molecule has 0 unspecified atom stereocenters. The van der Waals surface area contributed by atoms with E-state index in [9.17, 15) is 14.9 Å². The summed E-state index contributed by atoms with van der Waals surface area (Å²) in [5, 5.41) is 13.5. The molecule has 0 saturated carbocycles. The van der Waals surface area contributed by atoms with E-state index in [1.165, 1.54) is 11.3 Å². The Bertz CT molecular complexity index is 1220. The number of carbonyl (C=O) groups excluding carboxylic acids is 2. The van der Waals surface area contributed by atoms with Gasteiger partial charge >= 0.3 is 5.97 Å². The van der Waals surface area contributed by atoms with E-state index in [1.54, 1.807) is 26.0 Å². The summed E-state index contributed by atoms with van der Waals surface area (Å²) in [6.07, 6.45) is 0.851. The standard InChI is InChI=1S/C27H26N2O4S/c1-3-32-26(31)23-21-14-15-27(17-28,19-10-6-4-7-11-19)16-22(21)34-25(23)29-24(30)18(2)33-20-12-8-5-9-13-20/h4-13,18H,3,14-16H2,1-2H3,(H,29,30)/t18-,27-/m1/s1. The number of amides is 1. The average Bonchev–Trinajstić information content (AvgIpc) is 3.21. The summed E-state index contributed by atoms with van der Waals surface area (Å²) in [6.45, 7) is 3.65. The van der Waals surface area contributed by atoms with Crippen molar-refractivity contribution >= 4 is 28.2 Å². The second-order valence-corrected chi connectivity index (χ2v) is 9.33. The molecule has 6 nitrogen and oxygen atoms in total. The first-order chi connectivity index (χ1) is 16.5. The minimum atomic E-state index is -0.765. The summed E-state index contributed by atoms with van der Waals surface area (Å²) in [4.78, 5) is 26.7. The van der Waals surface area contributed by atoms with Gasteiger partial charge in [-0.25, -0.2) is 4.79 Å². The Morgan fingerprint density at radius 3 is 2.47 bits per heavy atom. The number of thiophene rings is 1. The molecule has 0 spiro atoms. The fraction of sp³-hybridized carbons (Fsp3) is 0.296. The molecule has 7 heteroatoms. The Morgan fingerprint density at radius 1 is 1.15 bits per heavy atom. The summed E-state index contributed by atoms with van der Waals surface area (Å²) >= 11 is 1.34. The van der Waals surface area contributed by atoms with Gasteiger partial charge < -0.3 is 14.8 Å². The largest absolute Gasteiger partial charge is 0.481 e. The van der Waals surface area contributed by atoms with E-state index in [1.807, 2.05) is 48.5 Å². The number of ether oxygens (including phenoxy) is 2. The summed E-state index contributed by atoms with van der Waals surface area (Å²) in [7, 11) is 0. The van der Waals surface area contributed by atoms with E-state index >= 15 is 0 Å². The van der Waals surface area contributed by atoms with Gasteiger partial charge in [0.1, 0.15) is 10.8 Å². The molecule has 1 aliphatic carbocycles. The number of fused-ring (bicyclic) bond motifs is 1. The van der Waals surface area contributed by atoms with Gasteiger partial charge in [-0.1, -0.05) is 48.5 Å². The highest BCUT2D eigenvalue weighted by Gasteiger charge is 2.40. The third kappa shape index (κ3) is 4.68. The lowest BCUT2D eigenvalue weighted by Gasteiger charge is -2.31. The Hall–Kier alpha value is -3.63. The van der Waals surface area contributed by atoms with Crippen LogP contribution >= 0.6 is 11.3 Å². The van der Waals surface area contributed by atoms with Gasteiger partial charge in [-0.2, -0.15) is 5.26 Å². The number of rotatable bonds is 7. The van der Waals surface area contributed by atoms with Gasteiger partial charge in [-0.3, -0.25) is 4.79 Å². The van der Waals surface area contributed by atoms with Crippen molar-refractivity contribution in [3.63, 3.8) is 0 Å². The minimum absolute atomic E-state index is 0.233. The zero-order chi connectivity index (χ0) is 24.1. The predicted molar refractivity (Wildman–Crippen MR) is 131 cm³/mol. The van der Waals surface area contributed by atoms with Crippen LogP contribution < -0.4 is 10.1 Å². The van der Waals surface area contributed by atoms with Crippen molar-refractivity contribution in [1.29, 1.82) is 5.26 Å². The van der Waals surface area contributed by atoms with Crippen LogP contribution in [-0.4, -0.2) is 24.6 Å². The molecule has 4 rings (SSSR count). The first kappa shape index (κ1) is 23.5. The molecule has 0 fully saturated rings. The SMILES string of the molecule is CCOC(=O)c1c(NC(=O)[C@@H](C)Oc2ccccc2)sc2c1CC[C@@](C#N)(c1ccccc1)C2. The minimum Gasteiger partial charge on any atom is -0.481 e. The quantitative estimate of drug-likeness (QED) is 0.471. The predicted octanol–water partition coefficient (Wildman–Crippen LogP) is 5.28. The van der Waals surface area contributed by atoms with Gasteiger partial charge in [0, 0.05) is 11.3 Å². The molecule has 1 heterocycles. The molecule has 0 radical (unpaired) electrons. The van der Waals surface area contributed by atoms with Crippen LogP contribution in [0.25, 0.3) is 0 Å². The van der Waals surface area contributed by atoms with Crippen molar-refractivity contribution in [3.05, 3.63) is 82.2 Å². The number of esters is 1. The van der Waals surface area contributed by atoms with Gasteiger partial charge in [0.15, 0.2) is 6.10 Å². The second kappa shape index (κ2) is 10.1. The lowest BCUT2D eigenvalue weighted by molar-refractivity contribution is -0.122. The van der Waals surface area contributed by atoms with Crippen LogP contribution in [0, 0.1) is 11.3 Å². The summed E-state index contributed by atoms with van der Waals surface area (Å²) in [5.41, 5.74) is 1.54. The number of nitrogens with zero attached hydrogens (tertiary/aromatic N) is 1. The molecule has 0 bridgehead atoms. The molecule has 34 heavy (non-hydrogen) atoms. The molecule has 1 N–H and O–H groups in total. The number of para-hydroxylation sites is 1. The fourth-order valence-corrected chi connectivity index (χ4v) is 5.61. The molecule has 0 aliphatic heterocycles.